The molecule has 1 amide bonds. The largest absolute Gasteiger partial charge is 0.355 e. The number of amides is 1. The van der Waals surface area contributed by atoms with Gasteiger partial charge in [0.1, 0.15) is 0 Å². The lowest BCUT2D eigenvalue weighted by molar-refractivity contribution is -0.138. The van der Waals surface area contributed by atoms with Gasteiger partial charge in [0.15, 0.2) is 0 Å². The molecule has 0 radical (unpaired) electrons. The van der Waals surface area contributed by atoms with E-state index in [1.54, 1.807) is 0 Å². The summed E-state index contributed by atoms with van der Waals surface area (Å²) in [6.45, 7) is 0.931. The van der Waals surface area contributed by atoms with E-state index >= 15 is 0 Å². The summed E-state index contributed by atoms with van der Waals surface area (Å²) in [4.78, 5) is 12.7. The summed E-state index contributed by atoms with van der Waals surface area (Å²) < 4.78 is 0. The normalized spacial score (nSPS) is 43.5. The Bertz CT molecular complexity index is 376. The van der Waals surface area contributed by atoms with Gasteiger partial charge in [0.05, 0.1) is 0 Å². The Labute approximate surface area is 130 Å². The topological polar surface area (TPSA) is 29.1 Å². The van der Waals surface area contributed by atoms with Gasteiger partial charge in [-0.2, -0.15) is 0 Å². The van der Waals surface area contributed by atoms with E-state index in [0.29, 0.717) is 17.2 Å². The third-order valence-electron chi connectivity index (χ3n) is 6.75. The molecule has 0 aromatic carbocycles. The van der Waals surface area contributed by atoms with Crippen LogP contribution in [0.2, 0.25) is 0 Å². The molecule has 5 rings (SSSR count). The zero-order valence-electron chi connectivity index (χ0n) is 12.2. The number of carbonyl (C=O) groups excluding carboxylic acids is 1. The molecule has 5 aliphatic rings. The fourth-order valence-corrected chi connectivity index (χ4v) is 6.48. The Balaban J connectivity index is 1.37. The van der Waals surface area contributed by atoms with Crippen molar-refractivity contribution in [3.63, 3.8) is 0 Å². The fourth-order valence-electron chi connectivity index (χ4n) is 5.64. The SMILES string of the molecule is O=C(NCC1(CCBr)CC1)C1C2CC3CC(C2)CC1C3. The van der Waals surface area contributed by atoms with E-state index < -0.39 is 0 Å². The smallest absolute Gasteiger partial charge is 0.223 e. The van der Waals surface area contributed by atoms with E-state index in [-0.39, 0.29) is 0 Å². The monoisotopic (exact) mass is 339 g/mol. The van der Waals surface area contributed by atoms with Gasteiger partial charge in [0.2, 0.25) is 5.91 Å². The van der Waals surface area contributed by atoms with Crippen molar-refractivity contribution < 1.29 is 4.79 Å². The molecule has 4 bridgehead atoms. The number of alkyl halides is 1. The first-order valence-electron chi connectivity index (χ1n) is 8.53. The third kappa shape index (κ3) is 2.34. The first-order chi connectivity index (χ1) is 9.69. The Morgan fingerprint density at radius 3 is 2.15 bits per heavy atom. The molecule has 5 fully saturated rings. The summed E-state index contributed by atoms with van der Waals surface area (Å²) in [6.07, 6.45) is 10.7. The van der Waals surface area contributed by atoms with Gasteiger partial charge in [0.25, 0.3) is 0 Å². The van der Waals surface area contributed by atoms with E-state index in [1.165, 1.54) is 51.4 Å². The average Bonchev–Trinajstić information content (AvgIpc) is 3.16. The van der Waals surface area contributed by atoms with Crippen LogP contribution >= 0.6 is 15.9 Å². The van der Waals surface area contributed by atoms with E-state index in [4.69, 9.17) is 0 Å². The number of hydrogen-bond donors (Lipinski definition) is 1. The van der Waals surface area contributed by atoms with Gasteiger partial charge < -0.3 is 5.32 Å². The summed E-state index contributed by atoms with van der Waals surface area (Å²) >= 11 is 3.55. The standard InChI is InChI=1S/C17H26BrNO/c18-4-3-17(1-2-17)10-19-16(20)15-13-6-11-5-12(8-13)9-14(15)7-11/h11-15H,1-10H2,(H,19,20). The number of nitrogens with one attached hydrogen (secondary N) is 1. The number of hydrogen-bond acceptors (Lipinski definition) is 1. The van der Waals surface area contributed by atoms with Crippen molar-refractivity contribution in [3.8, 4) is 0 Å². The molecule has 0 aliphatic heterocycles. The lowest BCUT2D eigenvalue weighted by Crippen LogP contribution is -2.51. The zero-order chi connectivity index (χ0) is 13.7. The Kier molecular flexibility index (Phi) is 3.40. The molecule has 0 unspecified atom stereocenters. The molecule has 20 heavy (non-hydrogen) atoms. The number of halogens is 1. The zero-order valence-corrected chi connectivity index (χ0v) is 13.8. The van der Waals surface area contributed by atoms with Crippen molar-refractivity contribution in [2.45, 2.75) is 51.4 Å². The summed E-state index contributed by atoms with van der Waals surface area (Å²) in [5.74, 6) is 4.13. The maximum absolute atomic E-state index is 12.7. The molecule has 0 aromatic heterocycles. The molecule has 0 atom stereocenters. The predicted molar refractivity (Wildman–Crippen MR) is 83.6 cm³/mol. The molecule has 0 aromatic rings. The van der Waals surface area contributed by atoms with E-state index in [9.17, 15) is 4.79 Å². The highest BCUT2D eigenvalue weighted by atomic mass is 79.9. The molecule has 0 heterocycles. The van der Waals surface area contributed by atoms with E-state index in [0.717, 1.165) is 35.5 Å². The van der Waals surface area contributed by atoms with Crippen molar-refractivity contribution in [1.82, 2.24) is 5.32 Å². The molecule has 5 saturated carbocycles. The predicted octanol–water partition coefficient (Wildman–Crippen LogP) is 3.74. The minimum absolute atomic E-state index is 0.363. The molecule has 3 heteroatoms. The van der Waals surface area contributed by atoms with Crippen LogP contribution in [0.5, 0.6) is 0 Å². The van der Waals surface area contributed by atoms with Gasteiger partial charge in [-0.05, 0) is 80.5 Å². The van der Waals surface area contributed by atoms with Gasteiger partial charge in [0, 0.05) is 17.8 Å². The fraction of sp³-hybridized carbons (Fsp3) is 0.941. The highest BCUT2D eigenvalue weighted by Gasteiger charge is 2.51. The summed E-state index contributed by atoms with van der Waals surface area (Å²) in [7, 11) is 0. The van der Waals surface area contributed by atoms with Crippen LogP contribution in [0.4, 0.5) is 0 Å². The lowest BCUT2D eigenvalue weighted by atomic mass is 9.51. The Morgan fingerprint density at radius 2 is 1.65 bits per heavy atom. The first kappa shape index (κ1) is 13.6. The second kappa shape index (κ2) is 5.00. The first-order valence-corrected chi connectivity index (χ1v) is 9.65. The second-order valence-corrected chi connectivity index (χ2v) is 8.91. The molecule has 5 aliphatic carbocycles. The lowest BCUT2D eigenvalue weighted by Gasteiger charge is -2.53. The molecule has 0 spiro atoms. The summed E-state index contributed by atoms with van der Waals surface area (Å²) in [5, 5.41) is 4.41. The van der Waals surface area contributed by atoms with Crippen LogP contribution in [0.15, 0.2) is 0 Å². The Hall–Kier alpha value is -0.0500. The summed E-state index contributed by atoms with van der Waals surface area (Å²) in [5.41, 5.74) is 0.449. The van der Waals surface area contributed by atoms with Crippen molar-refractivity contribution in [2.75, 3.05) is 11.9 Å². The van der Waals surface area contributed by atoms with Crippen LogP contribution in [0.1, 0.15) is 51.4 Å². The van der Waals surface area contributed by atoms with Crippen LogP contribution in [0.25, 0.3) is 0 Å². The van der Waals surface area contributed by atoms with Gasteiger partial charge in [-0.1, -0.05) is 15.9 Å². The van der Waals surface area contributed by atoms with Crippen LogP contribution in [0.3, 0.4) is 0 Å². The molecule has 1 N–H and O–H groups in total. The second-order valence-electron chi connectivity index (χ2n) is 8.11. The van der Waals surface area contributed by atoms with E-state index in [2.05, 4.69) is 21.2 Å². The van der Waals surface area contributed by atoms with E-state index in [1.807, 2.05) is 0 Å². The van der Waals surface area contributed by atoms with Crippen LogP contribution in [-0.2, 0) is 4.79 Å². The van der Waals surface area contributed by atoms with Gasteiger partial charge in [-0.25, -0.2) is 0 Å². The van der Waals surface area contributed by atoms with Crippen molar-refractivity contribution in [2.24, 2.45) is 35.0 Å². The van der Waals surface area contributed by atoms with Crippen LogP contribution < -0.4 is 5.32 Å². The maximum atomic E-state index is 12.7. The molecular formula is C17H26BrNO. The van der Waals surface area contributed by atoms with Crippen LogP contribution in [0, 0.1) is 35.0 Å². The summed E-state index contributed by atoms with van der Waals surface area (Å²) in [6, 6.07) is 0. The van der Waals surface area contributed by atoms with Crippen LogP contribution in [-0.4, -0.2) is 17.8 Å². The number of carbonyl (C=O) groups is 1. The minimum atomic E-state index is 0.363. The molecule has 112 valence electrons. The maximum Gasteiger partial charge on any atom is 0.223 e. The Morgan fingerprint density at radius 1 is 1.05 bits per heavy atom. The average molecular weight is 340 g/mol. The van der Waals surface area contributed by atoms with Gasteiger partial charge in [-0.15, -0.1) is 0 Å². The highest BCUT2D eigenvalue weighted by Crippen LogP contribution is 2.56. The van der Waals surface area contributed by atoms with Crippen molar-refractivity contribution >= 4 is 21.8 Å². The molecule has 0 saturated heterocycles. The molecular weight excluding hydrogens is 314 g/mol. The van der Waals surface area contributed by atoms with Crippen molar-refractivity contribution in [1.29, 1.82) is 0 Å². The van der Waals surface area contributed by atoms with Gasteiger partial charge >= 0.3 is 0 Å². The van der Waals surface area contributed by atoms with Crippen molar-refractivity contribution in [3.05, 3.63) is 0 Å². The third-order valence-corrected chi connectivity index (χ3v) is 7.15. The quantitative estimate of drug-likeness (QED) is 0.759. The number of rotatable bonds is 5. The molecule has 2 nitrogen and oxygen atoms in total. The van der Waals surface area contributed by atoms with Gasteiger partial charge in [-0.3, -0.25) is 4.79 Å². The highest BCUT2D eigenvalue weighted by molar-refractivity contribution is 9.09. The minimum Gasteiger partial charge on any atom is -0.355 e.